The minimum atomic E-state index is -0.237. The third-order valence-electron chi connectivity index (χ3n) is 2.97. The highest BCUT2D eigenvalue weighted by molar-refractivity contribution is 5.61. The third-order valence-corrected chi connectivity index (χ3v) is 2.97. The normalized spacial score (nSPS) is 12.8. The van der Waals surface area contributed by atoms with Gasteiger partial charge in [-0.15, -0.1) is 0 Å². The molecule has 0 radical (unpaired) electrons. The Kier molecular flexibility index (Phi) is 7.00. The molecule has 0 aliphatic rings. The molecule has 1 atom stereocenters. The molecule has 0 spiro atoms. The second-order valence-electron chi connectivity index (χ2n) is 4.56. The van der Waals surface area contributed by atoms with Crippen LogP contribution in [0.15, 0.2) is 30.3 Å². The molecule has 0 bridgehead atoms. The molecule has 0 aromatic heterocycles. The highest BCUT2D eigenvalue weighted by Gasteiger charge is 2.02. The van der Waals surface area contributed by atoms with E-state index in [1.165, 1.54) is 31.4 Å². The smallest absolute Gasteiger partial charge is 0.126 e. The number of halogens is 1. The first-order valence-electron chi connectivity index (χ1n) is 6.65. The molecule has 2 heteroatoms. The molecule has 98 valence electrons. The topological polar surface area (TPSA) is 17.1 Å². The maximum Gasteiger partial charge on any atom is 0.126 e. The maximum absolute atomic E-state index is 12.7. The summed E-state index contributed by atoms with van der Waals surface area (Å²) in [7, 11) is 0. The summed E-state index contributed by atoms with van der Waals surface area (Å²) in [5.74, 6) is -0.259. The zero-order valence-electron chi connectivity index (χ0n) is 10.9. The Balaban J connectivity index is 2.41. The number of rotatable bonds is 8. The van der Waals surface area contributed by atoms with Crippen molar-refractivity contribution in [1.29, 1.82) is 0 Å². The SMILES string of the molecule is CCCCCC[C@@H](C=O)/C=C/c1ccc(F)cc1. The van der Waals surface area contributed by atoms with Gasteiger partial charge in [-0.25, -0.2) is 4.39 Å². The number of carbonyl (C=O) groups excluding carboxylic acids is 1. The summed E-state index contributed by atoms with van der Waals surface area (Å²) in [6.45, 7) is 2.17. The molecule has 1 rings (SSSR count). The van der Waals surface area contributed by atoms with Gasteiger partial charge in [0.1, 0.15) is 12.1 Å². The van der Waals surface area contributed by atoms with Gasteiger partial charge >= 0.3 is 0 Å². The van der Waals surface area contributed by atoms with Crippen LogP contribution in [-0.2, 0) is 4.79 Å². The summed E-state index contributed by atoms with van der Waals surface area (Å²) in [5, 5.41) is 0. The van der Waals surface area contributed by atoms with Gasteiger partial charge in [0.2, 0.25) is 0 Å². The van der Waals surface area contributed by atoms with Crippen molar-refractivity contribution in [2.45, 2.75) is 39.0 Å². The average molecular weight is 248 g/mol. The highest BCUT2D eigenvalue weighted by atomic mass is 19.1. The van der Waals surface area contributed by atoms with Crippen molar-refractivity contribution >= 4 is 12.4 Å². The monoisotopic (exact) mass is 248 g/mol. The molecule has 0 aliphatic heterocycles. The third kappa shape index (κ3) is 5.76. The van der Waals surface area contributed by atoms with Crippen LogP contribution in [0.3, 0.4) is 0 Å². The second kappa shape index (κ2) is 8.62. The van der Waals surface area contributed by atoms with E-state index in [0.717, 1.165) is 24.7 Å². The van der Waals surface area contributed by atoms with Crippen molar-refractivity contribution < 1.29 is 9.18 Å². The summed E-state index contributed by atoms with van der Waals surface area (Å²) in [6.07, 6.45) is 10.4. The number of carbonyl (C=O) groups is 1. The van der Waals surface area contributed by atoms with E-state index < -0.39 is 0 Å². The van der Waals surface area contributed by atoms with Gasteiger partial charge in [0, 0.05) is 5.92 Å². The van der Waals surface area contributed by atoms with Gasteiger partial charge in [0.25, 0.3) is 0 Å². The van der Waals surface area contributed by atoms with E-state index in [2.05, 4.69) is 6.92 Å². The Hall–Kier alpha value is -1.44. The standard InChI is InChI=1S/C16H21FO/c1-2-3-4-5-6-15(13-18)8-7-14-9-11-16(17)12-10-14/h7-13,15H,2-6H2,1H3/b8-7+/t15-/m1/s1. The fraction of sp³-hybridized carbons (Fsp3) is 0.438. The van der Waals surface area contributed by atoms with Crippen LogP contribution < -0.4 is 0 Å². The van der Waals surface area contributed by atoms with Gasteiger partial charge in [-0.05, 0) is 24.1 Å². The minimum absolute atomic E-state index is 0.0214. The van der Waals surface area contributed by atoms with E-state index in [0.29, 0.717) is 0 Å². The van der Waals surface area contributed by atoms with Crippen LogP contribution >= 0.6 is 0 Å². The first kappa shape index (κ1) is 14.6. The number of hydrogen-bond acceptors (Lipinski definition) is 1. The van der Waals surface area contributed by atoms with Gasteiger partial charge in [0.15, 0.2) is 0 Å². The van der Waals surface area contributed by atoms with Crippen molar-refractivity contribution in [3.05, 3.63) is 41.7 Å². The molecule has 0 amide bonds. The molecule has 1 aromatic carbocycles. The Morgan fingerprint density at radius 1 is 1.17 bits per heavy atom. The summed E-state index contributed by atoms with van der Waals surface area (Å²) < 4.78 is 12.7. The van der Waals surface area contributed by atoms with Crippen LogP contribution in [0.25, 0.3) is 6.08 Å². The maximum atomic E-state index is 12.7. The van der Waals surface area contributed by atoms with Crippen LogP contribution in [0, 0.1) is 11.7 Å². The first-order chi connectivity index (χ1) is 8.76. The molecule has 1 nitrogen and oxygen atoms in total. The summed E-state index contributed by atoms with van der Waals surface area (Å²) in [4.78, 5) is 10.9. The molecule has 0 unspecified atom stereocenters. The van der Waals surface area contributed by atoms with E-state index >= 15 is 0 Å². The number of benzene rings is 1. The fourth-order valence-corrected chi connectivity index (χ4v) is 1.83. The molecule has 18 heavy (non-hydrogen) atoms. The average Bonchev–Trinajstić information content (AvgIpc) is 2.40. The van der Waals surface area contributed by atoms with E-state index in [1.54, 1.807) is 12.1 Å². The van der Waals surface area contributed by atoms with E-state index in [1.807, 2.05) is 12.2 Å². The number of allylic oxidation sites excluding steroid dienone is 1. The van der Waals surface area contributed by atoms with E-state index in [4.69, 9.17) is 0 Å². The van der Waals surface area contributed by atoms with Crippen molar-refractivity contribution in [3.8, 4) is 0 Å². The number of aldehydes is 1. The second-order valence-corrected chi connectivity index (χ2v) is 4.56. The Morgan fingerprint density at radius 2 is 1.89 bits per heavy atom. The predicted molar refractivity (Wildman–Crippen MR) is 73.7 cm³/mol. The molecule has 0 fully saturated rings. The summed E-state index contributed by atoms with van der Waals surface area (Å²) in [5.41, 5.74) is 0.928. The lowest BCUT2D eigenvalue weighted by Gasteiger charge is -2.04. The lowest BCUT2D eigenvalue weighted by atomic mass is 10.0. The van der Waals surface area contributed by atoms with Crippen molar-refractivity contribution in [2.75, 3.05) is 0 Å². The van der Waals surface area contributed by atoms with E-state index in [9.17, 15) is 9.18 Å². The Morgan fingerprint density at radius 3 is 2.50 bits per heavy atom. The number of hydrogen-bond donors (Lipinski definition) is 0. The summed E-state index contributed by atoms with van der Waals surface area (Å²) in [6, 6.07) is 6.28. The van der Waals surface area contributed by atoms with Crippen molar-refractivity contribution in [3.63, 3.8) is 0 Å². The zero-order valence-corrected chi connectivity index (χ0v) is 10.9. The molecular weight excluding hydrogens is 227 g/mol. The highest BCUT2D eigenvalue weighted by Crippen LogP contribution is 2.13. The fourth-order valence-electron chi connectivity index (χ4n) is 1.83. The van der Waals surface area contributed by atoms with E-state index in [-0.39, 0.29) is 11.7 Å². The molecule has 0 N–H and O–H groups in total. The Labute approximate surface area is 109 Å². The molecular formula is C16H21FO. The Bertz CT molecular complexity index is 367. The molecule has 0 saturated heterocycles. The molecule has 1 aromatic rings. The minimum Gasteiger partial charge on any atom is -0.303 e. The quantitative estimate of drug-likeness (QED) is 0.484. The molecule has 0 aliphatic carbocycles. The lowest BCUT2D eigenvalue weighted by Crippen LogP contribution is -1.97. The van der Waals surface area contributed by atoms with Crippen molar-refractivity contribution in [1.82, 2.24) is 0 Å². The van der Waals surface area contributed by atoms with Crippen LogP contribution in [0.5, 0.6) is 0 Å². The summed E-state index contributed by atoms with van der Waals surface area (Å²) >= 11 is 0. The van der Waals surface area contributed by atoms with Crippen LogP contribution in [0.2, 0.25) is 0 Å². The zero-order chi connectivity index (χ0) is 13.2. The van der Waals surface area contributed by atoms with Crippen LogP contribution in [0.1, 0.15) is 44.6 Å². The van der Waals surface area contributed by atoms with Gasteiger partial charge in [-0.3, -0.25) is 0 Å². The largest absolute Gasteiger partial charge is 0.303 e. The van der Waals surface area contributed by atoms with Gasteiger partial charge in [-0.2, -0.15) is 0 Å². The first-order valence-corrected chi connectivity index (χ1v) is 6.65. The lowest BCUT2D eigenvalue weighted by molar-refractivity contribution is -0.110. The van der Waals surface area contributed by atoms with Crippen molar-refractivity contribution in [2.24, 2.45) is 5.92 Å². The van der Waals surface area contributed by atoms with Gasteiger partial charge in [-0.1, -0.05) is 56.9 Å². The number of unbranched alkanes of at least 4 members (excludes halogenated alkanes) is 3. The molecule has 0 heterocycles. The van der Waals surface area contributed by atoms with Crippen LogP contribution in [-0.4, -0.2) is 6.29 Å². The predicted octanol–water partition coefficient (Wildman–Crippen LogP) is 4.62. The van der Waals surface area contributed by atoms with Crippen LogP contribution in [0.4, 0.5) is 4.39 Å². The molecule has 0 saturated carbocycles. The van der Waals surface area contributed by atoms with Gasteiger partial charge in [0.05, 0.1) is 0 Å². The van der Waals surface area contributed by atoms with Gasteiger partial charge < -0.3 is 4.79 Å².